The molecule has 1 aliphatic rings. The standard InChI is InChI=1S/C23H27N5O7/c1-3-35-23(31)27-11-9-26(10-12-27)15-21(29)25-20-8-7-17(28(32)33)14-19(20)22(30)24-16-5-4-6-18(13-16)34-2/h4-8,13-14H,3,9-12,15H2,1-2H3,(H,24,30)(H,25,29). The van der Waals surface area contributed by atoms with Crippen molar-refractivity contribution in [3.05, 3.63) is 58.1 Å². The van der Waals surface area contributed by atoms with Gasteiger partial charge in [-0.2, -0.15) is 0 Å². The third-order valence-electron chi connectivity index (χ3n) is 5.33. The highest BCUT2D eigenvalue weighted by Crippen LogP contribution is 2.24. The van der Waals surface area contributed by atoms with Gasteiger partial charge in [-0.15, -0.1) is 0 Å². The largest absolute Gasteiger partial charge is 0.497 e. The minimum Gasteiger partial charge on any atom is -0.497 e. The molecule has 1 aliphatic heterocycles. The molecule has 3 rings (SSSR count). The second kappa shape index (κ2) is 11.8. The van der Waals surface area contributed by atoms with E-state index in [4.69, 9.17) is 9.47 Å². The van der Waals surface area contributed by atoms with Crippen molar-refractivity contribution in [1.29, 1.82) is 0 Å². The average molecular weight is 485 g/mol. The van der Waals surface area contributed by atoms with Gasteiger partial charge in [0.25, 0.3) is 11.6 Å². The molecule has 2 aromatic carbocycles. The van der Waals surface area contributed by atoms with Crippen LogP contribution in [0.25, 0.3) is 0 Å². The van der Waals surface area contributed by atoms with E-state index in [2.05, 4.69) is 10.6 Å². The molecule has 2 aromatic rings. The van der Waals surface area contributed by atoms with Gasteiger partial charge in [-0.3, -0.25) is 24.6 Å². The molecule has 0 spiro atoms. The number of ether oxygens (including phenoxy) is 2. The zero-order chi connectivity index (χ0) is 25.4. The maximum absolute atomic E-state index is 12.9. The zero-order valence-electron chi connectivity index (χ0n) is 19.5. The van der Waals surface area contributed by atoms with Crippen LogP contribution < -0.4 is 15.4 Å². The Kier molecular flexibility index (Phi) is 8.57. The highest BCUT2D eigenvalue weighted by atomic mass is 16.6. The molecule has 12 heteroatoms. The van der Waals surface area contributed by atoms with Crippen molar-refractivity contribution in [2.75, 3.05) is 57.1 Å². The molecule has 0 atom stereocenters. The molecular formula is C23H27N5O7. The van der Waals surface area contributed by atoms with Crippen LogP contribution in [0.1, 0.15) is 17.3 Å². The summed E-state index contributed by atoms with van der Waals surface area (Å²) >= 11 is 0. The highest BCUT2D eigenvalue weighted by Gasteiger charge is 2.24. The van der Waals surface area contributed by atoms with E-state index in [1.54, 1.807) is 36.1 Å². The van der Waals surface area contributed by atoms with E-state index in [0.29, 0.717) is 44.2 Å². The smallest absolute Gasteiger partial charge is 0.409 e. The normalized spacial score (nSPS) is 13.6. The molecule has 0 unspecified atom stereocenters. The number of nitro benzene ring substituents is 1. The fourth-order valence-corrected chi connectivity index (χ4v) is 3.54. The number of nitro groups is 1. The van der Waals surface area contributed by atoms with Crippen molar-refractivity contribution >= 4 is 35.0 Å². The summed E-state index contributed by atoms with van der Waals surface area (Å²) in [5.41, 5.74) is 0.236. The first-order valence-corrected chi connectivity index (χ1v) is 11.0. The van der Waals surface area contributed by atoms with Crippen LogP contribution >= 0.6 is 0 Å². The molecule has 0 aromatic heterocycles. The molecule has 0 saturated carbocycles. The van der Waals surface area contributed by atoms with Crippen molar-refractivity contribution < 1.29 is 28.8 Å². The number of piperazine rings is 1. The van der Waals surface area contributed by atoms with Crippen molar-refractivity contribution in [1.82, 2.24) is 9.80 Å². The number of methoxy groups -OCH3 is 1. The maximum atomic E-state index is 12.9. The molecular weight excluding hydrogens is 458 g/mol. The third-order valence-corrected chi connectivity index (χ3v) is 5.33. The Hall–Kier alpha value is -4.19. The first-order valence-electron chi connectivity index (χ1n) is 11.0. The van der Waals surface area contributed by atoms with Gasteiger partial charge < -0.3 is 25.0 Å². The SMILES string of the molecule is CCOC(=O)N1CCN(CC(=O)Nc2ccc([N+](=O)[O-])cc2C(=O)Nc2cccc(OC)c2)CC1. The minimum absolute atomic E-state index is 0.0323. The Morgan fingerprint density at radius 3 is 2.46 bits per heavy atom. The predicted octanol–water partition coefficient (Wildman–Crippen LogP) is 2.57. The van der Waals surface area contributed by atoms with Crippen LogP contribution in [0.4, 0.5) is 21.9 Å². The van der Waals surface area contributed by atoms with E-state index in [1.165, 1.54) is 19.2 Å². The van der Waals surface area contributed by atoms with Gasteiger partial charge in [-0.05, 0) is 25.1 Å². The van der Waals surface area contributed by atoms with Crippen molar-refractivity contribution in [3.8, 4) is 5.75 Å². The van der Waals surface area contributed by atoms with Crippen LogP contribution in [-0.2, 0) is 9.53 Å². The highest BCUT2D eigenvalue weighted by molar-refractivity contribution is 6.10. The monoisotopic (exact) mass is 485 g/mol. The van der Waals surface area contributed by atoms with Crippen LogP contribution in [0, 0.1) is 10.1 Å². The molecule has 1 fully saturated rings. The Balaban J connectivity index is 1.68. The van der Waals surface area contributed by atoms with E-state index in [9.17, 15) is 24.5 Å². The van der Waals surface area contributed by atoms with Crippen LogP contribution in [0.3, 0.4) is 0 Å². The van der Waals surface area contributed by atoms with Gasteiger partial charge in [0.15, 0.2) is 0 Å². The number of carbonyl (C=O) groups excluding carboxylic acids is 3. The number of anilines is 2. The third kappa shape index (κ3) is 6.90. The number of benzene rings is 2. The molecule has 1 heterocycles. The van der Waals surface area contributed by atoms with Gasteiger partial charge in [-0.1, -0.05) is 6.07 Å². The Bertz CT molecular complexity index is 1100. The second-order valence-electron chi connectivity index (χ2n) is 7.68. The van der Waals surface area contributed by atoms with E-state index >= 15 is 0 Å². The fraction of sp³-hybridized carbons (Fsp3) is 0.348. The molecule has 12 nitrogen and oxygen atoms in total. The van der Waals surface area contributed by atoms with Crippen molar-refractivity contribution in [2.45, 2.75) is 6.92 Å². The number of nitrogens with one attached hydrogen (secondary N) is 2. The Morgan fingerprint density at radius 2 is 1.80 bits per heavy atom. The quantitative estimate of drug-likeness (QED) is 0.429. The molecule has 0 bridgehead atoms. The van der Waals surface area contributed by atoms with E-state index < -0.39 is 10.8 Å². The zero-order valence-corrected chi connectivity index (χ0v) is 19.5. The molecule has 0 radical (unpaired) electrons. The number of hydrogen-bond acceptors (Lipinski definition) is 8. The molecule has 0 aliphatic carbocycles. The van der Waals surface area contributed by atoms with Crippen LogP contribution in [0.5, 0.6) is 5.75 Å². The molecule has 3 amide bonds. The minimum atomic E-state index is -0.625. The van der Waals surface area contributed by atoms with E-state index in [1.807, 2.05) is 4.90 Å². The lowest BCUT2D eigenvalue weighted by Crippen LogP contribution is -2.50. The summed E-state index contributed by atoms with van der Waals surface area (Å²) in [7, 11) is 1.49. The lowest BCUT2D eigenvalue weighted by molar-refractivity contribution is -0.384. The first kappa shape index (κ1) is 25.4. The van der Waals surface area contributed by atoms with Gasteiger partial charge in [0, 0.05) is 50.1 Å². The number of rotatable bonds is 8. The Morgan fingerprint density at radius 1 is 1.06 bits per heavy atom. The summed E-state index contributed by atoms with van der Waals surface area (Å²) in [6, 6.07) is 10.3. The Labute approximate surface area is 201 Å². The lowest BCUT2D eigenvalue weighted by Gasteiger charge is -2.33. The summed E-state index contributed by atoms with van der Waals surface area (Å²) in [5.74, 6) is -0.488. The predicted molar refractivity (Wildman–Crippen MR) is 128 cm³/mol. The topological polar surface area (TPSA) is 143 Å². The van der Waals surface area contributed by atoms with Gasteiger partial charge >= 0.3 is 6.09 Å². The molecule has 1 saturated heterocycles. The summed E-state index contributed by atoms with van der Waals surface area (Å²) in [5, 5.41) is 16.6. The van der Waals surface area contributed by atoms with Gasteiger partial charge in [-0.25, -0.2) is 4.79 Å². The van der Waals surface area contributed by atoms with E-state index in [0.717, 1.165) is 6.07 Å². The average Bonchev–Trinajstić information content (AvgIpc) is 2.84. The summed E-state index contributed by atoms with van der Waals surface area (Å²) in [6.45, 7) is 3.89. The number of amides is 3. The van der Waals surface area contributed by atoms with Gasteiger partial charge in [0.2, 0.25) is 5.91 Å². The molecule has 35 heavy (non-hydrogen) atoms. The van der Waals surface area contributed by atoms with Crippen molar-refractivity contribution in [2.24, 2.45) is 0 Å². The lowest BCUT2D eigenvalue weighted by atomic mass is 10.1. The summed E-state index contributed by atoms with van der Waals surface area (Å²) < 4.78 is 10.1. The first-order chi connectivity index (χ1) is 16.8. The van der Waals surface area contributed by atoms with E-state index in [-0.39, 0.29) is 35.5 Å². The van der Waals surface area contributed by atoms with Gasteiger partial charge in [0.1, 0.15) is 5.75 Å². The van der Waals surface area contributed by atoms with Crippen LogP contribution in [0.15, 0.2) is 42.5 Å². The molecule has 2 N–H and O–H groups in total. The van der Waals surface area contributed by atoms with Crippen LogP contribution in [0.2, 0.25) is 0 Å². The summed E-state index contributed by atoms with van der Waals surface area (Å²) in [4.78, 5) is 51.6. The summed E-state index contributed by atoms with van der Waals surface area (Å²) in [6.07, 6.45) is -0.380. The number of carbonyl (C=O) groups is 3. The number of nitrogens with zero attached hydrogens (tertiary/aromatic N) is 3. The number of hydrogen-bond donors (Lipinski definition) is 2. The van der Waals surface area contributed by atoms with Gasteiger partial charge in [0.05, 0.1) is 36.4 Å². The molecule has 186 valence electrons. The number of non-ortho nitro benzene ring substituents is 1. The fourth-order valence-electron chi connectivity index (χ4n) is 3.54. The maximum Gasteiger partial charge on any atom is 0.409 e. The second-order valence-corrected chi connectivity index (χ2v) is 7.68. The van der Waals surface area contributed by atoms with Crippen molar-refractivity contribution in [3.63, 3.8) is 0 Å². The van der Waals surface area contributed by atoms with Crippen LogP contribution in [-0.4, -0.2) is 79.1 Å².